The predicted octanol–water partition coefficient (Wildman–Crippen LogP) is 3.20. The zero-order chi connectivity index (χ0) is 11.4. The molecule has 2 aromatic rings. The first-order chi connectivity index (χ1) is 7.79. The SMILES string of the molecule is Cc1ccccc1Nc1ccc(CN)cc1. The highest BCUT2D eigenvalue weighted by atomic mass is 14.9. The number of hydrogen-bond acceptors (Lipinski definition) is 2. The average molecular weight is 212 g/mol. The minimum absolute atomic E-state index is 0.588. The topological polar surface area (TPSA) is 38.0 Å². The zero-order valence-electron chi connectivity index (χ0n) is 9.40. The Hall–Kier alpha value is -1.80. The molecule has 0 atom stereocenters. The summed E-state index contributed by atoms with van der Waals surface area (Å²) in [4.78, 5) is 0. The maximum Gasteiger partial charge on any atom is 0.0413 e. The van der Waals surface area contributed by atoms with Crippen LogP contribution in [0.25, 0.3) is 0 Å². The van der Waals surface area contributed by atoms with Gasteiger partial charge in [-0.25, -0.2) is 0 Å². The van der Waals surface area contributed by atoms with Crippen molar-refractivity contribution in [2.24, 2.45) is 5.73 Å². The van der Waals surface area contributed by atoms with E-state index < -0.39 is 0 Å². The first-order valence-corrected chi connectivity index (χ1v) is 5.41. The van der Waals surface area contributed by atoms with E-state index in [-0.39, 0.29) is 0 Å². The monoisotopic (exact) mass is 212 g/mol. The van der Waals surface area contributed by atoms with E-state index in [4.69, 9.17) is 5.73 Å². The van der Waals surface area contributed by atoms with Crippen LogP contribution in [-0.2, 0) is 6.54 Å². The maximum atomic E-state index is 5.56. The van der Waals surface area contributed by atoms with Crippen molar-refractivity contribution in [3.05, 3.63) is 59.7 Å². The van der Waals surface area contributed by atoms with E-state index in [0.717, 1.165) is 16.9 Å². The van der Waals surface area contributed by atoms with E-state index in [1.807, 2.05) is 24.3 Å². The molecule has 0 unspecified atom stereocenters. The van der Waals surface area contributed by atoms with Crippen molar-refractivity contribution in [3.8, 4) is 0 Å². The average Bonchev–Trinajstić information content (AvgIpc) is 2.33. The third-order valence-corrected chi connectivity index (χ3v) is 2.61. The molecule has 2 aromatic carbocycles. The van der Waals surface area contributed by atoms with E-state index in [1.165, 1.54) is 5.56 Å². The second-order valence-corrected chi connectivity index (χ2v) is 3.84. The van der Waals surface area contributed by atoms with Crippen LogP contribution in [0, 0.1) is 6.92 Å². The molecule has 0 aromatic heterocycles. The van der Waals surface area contributed by atoms with Gasteiger partial charge in [0.2, 0.25) is 0 Å². The molecular weight excluding hydrogens is 196 g/mol. The van der Waals surface area contributed by atoms with Gasteiger partial charge in [0, 0.05) is 17.9 Å². The molecule has 0 bridgehead atoms. The van der Waals surface area contributed by atoms with Crippen molar-refractivity contribution >= 4 is 11.4 Å². The molecule has 2 rings (SSSR count). The summed E-state index contributed by atoms with van der Waals surface area (Å²) in [7, 11) is 0. The summed E-state index contributed by atoms with van der Waals surface area (Å²) in [5.41, 5.74) is 10.2. The van der Waals surface area contributed by atoms with Gasteiger partial charge >= 0.3 is 0 Å². The van der Waals surface area contributed by atoms with Crippen molar-refractivity contribution in [1.29, 1.82) is 0 Å². The molecule has 0 radical (unpaired) electrons. The molecule has 0 saturated heterocycles. The lowest BCUT2D eigenvalue weighted by atomic mass is 10.1. The van der Waals surface area contributed by atoms with Crippen molar-refractivity contribution < 1.29 is 0 Å². The van der Waals surface area contributed by atoms with Gasteiger partial charge in [-0.1, -0.05) is 30.3 Å². The first-order valence-electron chi connectivity index (χ1n) is 5.41. The highest BCUT2D eigenvalue weighted by Crippen LogP contribution is 2.20. The Kier molecular flexibility index (Phi) is 3.22. The summed E-state index contributed by atoms with van der Waals surface area (Å²) < 4.78 is 0. The van der Waals surface area contributed by atoms with Gasteiger partial charge in [-0.15, -0.1) is 0 Å². The number of benzene rings is 2. The fourth-order valence-corrected chi connectivity index (χ4v) is 1.59. The van der Waals surface area contributed by atoms with Gasteiger partial charge in [0.1, 0.15) is 0 Å². The summed E-state index contributed by atoms with van der Waals surface area (Å²) in [5, 5.41) is 3.38. The standard InChI is InChI=1S/C14H16N2/c1-11-4-2-3-5-14(11)16-13-8-6-12(10-15)7-9-13/h2-9,16H,10,15H2,1H3. The number of aryl methyl sites for hydroxylation is 1. The Morgan fingerprint density at radius 1 is 1.00 bits per heavy atom. The van der Waals surface area contributed by atoms with Crippen LogP contribution in [0.4, 0.5) is 11.4 Å². The van der Waals surface area contributed by atoms with Crippen LogP contribution in [-0.4, -0.2) is 0 Å². The second-order valence-electron chi connectivity index (χ2n) is 3.84. The number of anilines is 2. The smallest absolute Gasteiger partial charge is 0.0413 e. The number of rotatable bonds is 3. The highest BCUT2D eigenvalue weighted by Gasteiger charge is 1.97. The zero-order valence-corrected chi connectivity index (χ0v) is 9.40. The Labute approximate surface area is 96.1 Å². The van der Waals surface area contributed by atoms with Crippen molar-refractivity contribution in [1.82, 2.24) is 0 Å². The number of para-hydroxylation sites is 1. The van der Waals surface area contributed by atoms with Crippen LogP contribution in [0.2, 0.25) is 0 Å². The summed E-state index contributed by atoms with van der Waals surface area (Å²) >= 11 is 0. The molecule has 0 aliphatic rings. The van der Waals surface area contributed by atoms with Crippen molar-refractivity contribution in [2.75, 3.05) is 5.32 Å². The first kappa shape index (κ1) is 10.7. The minimum atomic E-state index is 0.588. The molecule has 0 aliphatic carbocycles. The molecule has 0 saturated carbocycles. The third kappa shape index (κ3) is 2.41. The van der Waals surface area contributed by atoms with Crippen molar-refractivity contribution in [3.63, 3.8) is 0 Å². The largest absolute Gasteiger partial charge is 0.355 e. The molecule has 2 heteroatoms. The Morgan fingerprint density at radius 2 is 1.69 bits per heavy atom. The normalized spacial score (nSPS) is 10.1. The Bertz CT molecular complexity index is 460. The van der Waals surface area contributed by atoms with Gasteiger partial charge in [-0.2, -0.15) is 0 Å². The van der Waals surface area contributed by atoms with Gasteiger partial charge in [-0.05, 0) is 36.2 Å². The van der Waals surface area contributed by atoms with Crippen LogP contribution in [0.3, 0.4) is 0 Å². The number of hydrogen-bond donors (Lipinski definition) is 2. The van der Waals surface area contributed by atoms with E-state index in [0.29, 0.717) is 6.54 Å². The molecule has 0 spiro atoms. The highest BCUT2D eigenvalue weighted by molar-refractivity contribution is 5.62. The van der Waals surface area contributed by atoms with Gasteiger partial charge in [0.15, 0.2) is 0 Å². The Balaban J connectivity index is 2.18. The predicted molar refractivity (Wildman–Crippen MR) is 68.8 cm³/mol. The molecule has 0 fully saturated rings. The quantitative estimate of drug-likeness (QED) is 0.820. The summed E-state index contributed by atoms with van der Waals surface area (Å²) in [6.07, 6.45) is 0. The lowest BCUT2D eigenvalue weighted by Gasteiger charge is -2.09. The van der Waals surface area contributed by atoms with Crippen molar-refractivity contribution in [2.45, 2.75) is 13.5 Å². The van der Waals surface area contributed by atoms with Gasteiger partial charge in [0.05, 0.1) is 0 Å². The second kappa shape index (κ2) is 4.81. The van der Waals surface area contributed by atoms with Gasteiger partial charge in [0.25, 0.3) is 0 Å². The van der Waals surface area contributed by atoms with Crippen LogP contribution >= 0.6 is 0 Å². The van der Waals surface area contributed by atoms with Crippen LogP contribution in [0.15, 0.2) is 48.5 Å². The lowest BCUT2D eigenvalue weighted by molar-refractivity contribution is 1.07. The molecule has 0 heterocycles. The number of nitrogens with one attached hydrogen (secondary N) is 1. The molecule has 0 amide bonds. The van der Waals surface area contributed by atoms with E-state index in [9.17, 15) is 0 Å². The third-order valence-electron chi connectivity index (χ3n) is 2.61. The lowest BCUT2D eigenvalue weighted by Crippen LogP contribution is -1.97. The summed E-state index contributed by atoms with van der Waals surface area (Å²) in [5.74, 6) is 0. The van der Waals surface area contributed by atoms with Gasteiger partial charge < -0.3 is 11.1 Å². The fraction of sp³-hybridized carbons (Fsp3) is 0.143. The Morgan fingerprint density at radius 3 is 2.31 bits per heavy atom. The minimum Gasteiger partial charge on any atom is -0.355 e. The van der Waals surface area contributed by atoms with Crippen LogP contribution < -0.4 is 11.1 Å². The molecule has 3 N–H and O–H groups in total. The number of nitrogens with two attached hydrogens (primary N) is 1. The van der Waals surface area contributed by atoms with E-state index in [1.54, 1.807) is 0 Å². The van der Waals surface area contributed by atoms with Crippen LogP contribution in [0.5, 0.6) is 0 Å². The maximum absolute atomic E-state index is 5.56. The molecule has 2 nitrogen and oxygen atoms in total. The van der Waals surface area contributed by atoms with E-state index >= 15 is 0 Å². The van der Waals surface area contributed by atoms with E-state index in [2.05, 4.69) is 36.5 Å². The molecule has 0 aliphatic heterocycles. The molecular formula is C14H16N2. The van der Waals surface area contributed by atoms with Crippen LogP contribution in [0.1, 0.15) is 11.1 Å². The summed E-state index contributed by atoms with van der Waals surface area (Å²) in [6.45, 7) is 2.68. The van der Waals surface area contributed by atoms with Gasteiger partial charge in [-0.3, -0.25) is 0 Å². The fourth-order valence-electron chi connectivity index (χ4n) is 1.59. The molecule has 82 valence electrons. The molecule has 16 heavy (non-hydrogen) atoms. The summed E-state index contributed by atoms with van der Waals surface area (Å²) in [6, 6.07) is 16.4.